The van der Waals surface area contributed by atoms with E-state index in [1.807, 2.05) is 0 Å². The summed E-state index contributed by atoms with van der Waals surface area (Å²) in [7, 11) is 0. The molecule has 86 valence electrons. The van der Waals surface area contributed by atoms with Crippen LogP contribution in [0.5, 0.6) is 0 Å². The Bertz CT molecular complexity index is 573. The van der Waals surface area contributed by atoms with Crippen LogP contribution in [0.4, 0.5) is 5.69 Å². The van der Waals surface area contributed by atoms with Crippen LogP contribution in [-0.4, -0.2) is 25.7 Å². The smallest absolute Gasteiger partial charge is 0.269 e. The van der Waals surface area contributed by atoms with Gasteiger partial charge in [-0.3, -0.25) is 14.9 Å². The fourth-order valence-electron chi connectivity index (χ4n) is 1.28. The Morgan fingerprint density at radius 3 is 2.47 bits per heavy atom. The third-order valence-corrected chi connectivity index (χ3v) is 2.18. The van der Waals surface area contributed by atoms with Crippen molar-refractivity contribution in [2.24, 2.45) is 0 Å². The molecule has 0 fully saturated rings. The highest BCUT2D eigenvalue weighted by molar-refractivity contribution is 5.91. The molecule has 0 bridgehead atoms. The zero-order valence-electron chi connectivity index (χ0n) is 8.90. The number of nitro benzene ring substituents is 1. The first-order valence-corrected chi connectivity index (χ1v) is 4.76. The number of nitro groups is 1. The molecule has 2 rings (SSSR count). The highest BCUT2D eigenvalue weighted by Crippen LogP contribution is 2.14. The van der Waals surface area contributed by atoms with Gasteiger partial charge in [0.1, 0.15) is 5.69 Å². The van der Waals surface area contributed by atoms with Crippen molar-refractivity contribution in [3.8, 4) is 5.69 Å². The lowest BCUT2D eigenvalue weighted by atomic mass is 10.3. The molecule has 0 atom stereocenters. The molecule has 0 saturated carbocycles. The Balaban J connectivity index is 2.33. The normalized spacial score (nSPS) is 10.2. The second-order valence-corrected chi connectivity index (χ2v) is 3.38. The van der Waals surface area contributed by atoms with Gasteiger partial charge in [-0.05, 0) is 12.1 Å². The van der Waals surface area contributed by atoms with Crippen LogP contribution in [0, 0.1) is 10.1 Å². The number of nitrogens with zero attached hydrogens (tertiary/aromatic N) is 4. The monoisotopic (exact) mass is 232 g/mol. The molecule has 1 aromatic heterocycles. The number of carbonyl (C=O) groups excluding carboxylic acids is 1. The van der Waals surface area contributed by atoms with Gasteiger partial charge < -0.3 is 0 Å². The summed E-state index contributed by atoms with van der Waals surface area (Å²) < 4.78 is 1.39. The van der Waals surface area contributed by atoms with Crippen LogP contribution in [0.25, 0.3) is 5.69 Å². The molecule has 0 N–H and O–H groups in total. The fraction of sp³-hybridized carbons (Fsp3) is 0.100. The van der Waals surface area contributed by atoms with Crippen molar-refractivity contribution < 1.29 is 9.72 Å². The van der Waals surface area contributed by atoms with E-state index in [9.17, 15) is 14.9 Å². The Kier molecular flexibility index (Phi) is 2.65. The highest BCUT2D eigenvalue weighted by atomic mass is 16.6. The van der Waals surface area contributed by atoms with Crippen LogP contribution < -0.4 is 0 Å². The van der Waals surface area contributed by atoms with Gasteiger partial charge in [-0.1, -0.05) is 5.21 Å². The molecule has 0 saturated heterocycles. The number of rotatable bonds is 3. The van der Waals surface area contributed by atoms with Crippen molar-refractivity contribution in [1.82, 2.24) is 15.0 Å². The van der Waals surface area contributed by atoms with Crippen LogP contribution >= 0.6 is 0 Å². The van der Waals surface area contributed by atoms with E-state index in [2.05, 4.69) is 10.3 Å². The lowest BCUT2D eigenvalue weighted by Crippen LogP contribution is -1.95. The number of Topliss-reactive ketones (excluding diaryl/α,β-unsaturated/α-hetero) is 1. The van der Waals surface area contributed by atoms with Gasteiger partial charge in [-0.25, -0.2) is 4.68 Å². The van der Waals surface area contributed by atoms with E-state index >= 15 is 0 Å². The quantitative estimate of drug-likeness (QED) is 0.453. The predicted molar refractivity (Wildman–Crippen MR) is 58.0 cm³/mol. The van der Waals surface area contributed by atoms with Gasteiger partial charge in [-0.15, -0.1) is 5.10 Å². The number of ketones is 1. The summed E-state index contributed by atoms with van der Waals surface area (Å²) in [5.41, 5.74) is 0.861. The van der Waals surface area contributed by atoms with Gasteiger partial charge in [0, 0.05) is 19.1 Å². The van der Waals surface area contributed by atoms with E-state index in [0.717, 1.165) is 0 Å². The van der Waals surface area contributed by atoms with Gasteiger partial charge in [0.15, 0.2) is 5.78 Å². The largest absolute Gasteiger partial charge is 0.293 e. The Morgan fingerprint density at radius 1 is 1.35 bits per heavy atom. The fourth-order valence-corrected chi connectivity index (χ4v) is 1.28. The Labute approximate surface area is 95.8 Å². The topological polar surface area (TPSA) is 90.9 Å². The molecule has 1 aromatic carbocycles. The Morgan fingerprint density at radius 2 is 2.00 bits per heavy atom. The maximum Gasteiger partial charge on any atom is 0.269 e. The summed E-state index contributed by atoms with van der Waals surface area (Å²) in [6, 6.07) is 5.81. The summed E-state index contributed by atoms with van der Waals surface area (Å²) in [6.07, 6.45) is 1.48. The molecule has 0 amide bonds. The summed E-state index contributed by atoms with van der Waals surface area (Å²) in [5.74, 6) is -0.182. The Hall–Kier alpha value is -2.57. The first kappa shape index (κ1) is 10.9. The SMILES string of the molecule is CC(=O)c1cn(-c2ccc([N+](=O)[O-])cc2)nn1. The van der Waals surface area contributed by atoms with Crippen LogP contribution in [0.1, 0.15) is 17.4 Å². The minimum absolute atomic E-state index is 0.000608. The lowest BCUT2D eigenvalue weighted by Gasteiger charge is -1.98. The van der Waals surface area contributed by atoms with Gasteiger partial charge in [0.2, 0.25) is 0 Å². The maximum absolute atomic E-state index is 11.0. The van der Waals surface area contributed by atoms with Gasteiger partial charge in [0.25, 0.3) is 5.69 Å². The van der Waals surface area contributed by atoms with Crippen molar-refractivity contribution in [3.05, 3.63) is 46.3 Å². The number of carbonyl (C=O) groups is 1. The second-order valence-electron chi connectivity index (χ2n) is 3.38. The molecule has 7 heteroatoms. The summed E-state index contributed by atoms with van der Waals surface area (Å²) in [6.45, 7) is 1.39. The van der Waals surface area contributed by atoms with Gasteiger partial charge in [-0.2, -0.15) is 0 Å². The van der Waals surface area contributed by atoms with E-state index in [0.29, 0.717) is 5.69 Å². The van der Waals surface area contributed by atoms with Gasteiger partial charge >= 0.3 is 0 Å². The minimum Gasteiger partial charge on any atom is -0.293 e. The van der Waals surface area contributed by atoms with Crippen molar-refractivity contribution in [1.29, 1.82) is 0 Å². The third-order valence-electron chi connectivity index (χ3n) is 2.18. The van der Waals surface area contributed by atoms with Crippen molar-refractivity contribution >= 4 is 11.5 Å². The summed E-state index contributed by atoms with van der Waals surface area (Å²) in [4.78, 5) is 21.0. The first-order chi connectivity index (χ1) is 8.08. The van der Waals surface area contributed by atoms with E-state index in [1.165, 1.54) is 42.1 Å². The molecule has 0 spiro atoms. The molecule has 0 aliphatic carbocycles. The summed E-state index contributed by atoms with van der Waals surface area (Å²) >= 11 is 0. The molecule has 2 aromatic rings. The molecular weight excluding hydrogens is 224 g/mol. The van der Waals surface area contributed by atoms with Crippen LogP contribution in [0.15, 0.2) is 30.5 Å². The zero-order valence-corrected chi connectivity index (χ0v) is 8.90. The maximum atomic E-state index is 11.0. The predicted octanol–water partition coefficient (Wildman–Crippen LogP) is 1.38. The van der Waals surface area contributed by atoms with E-state index in [4.69, 9.17) is 0 Å². The molecule has 7 nitrogen and oxygen atoms in total. The first-order valence-electron chi connectivity index (χ1n) is 4.76. The van der Waals surface area contributed by atoms with E-state index in [1.54, 1.807) is 0 Å². The average molecular weight is 232 g/mol. The standard InChI is InChI=1S/C10H8N4O3/c1-7(15)10-6-13(12-11-10)8-2-4-9(5-3-8)14(16)17/h2-6H,1H3. The molecular formula is C10H8N4O3. The van der Waals surface area contributed by atoms with Crippen LogP contribution in [0.3, 0.4) is 0 Å². The van der Waals surface area contributed by atoms with E-state index in [-0.39, 0.29) is 17.2 Å². The van der Waals surface area contributed by atoms with Crippen LogP contribution in [0.2, 0.25) is 0 Å². The number of non-ortho nitro benzene ring substituents is 1. The number of benzene rings is 1. The minimum atomic E-state index is -0.480. The second kappa shape index (κ2) is 4.12. The zero-order chi connectivity index (χ0) is 12.4. The number of aromatic nitrogens is 3. The number of hydrogen-bond donors (Lipinski definition) is 0. The molecule has 0 radical (unpaired) electrons. The lowest BCUT2D eigenvalue weighted by molar-refractivity contribution is -0.384. The molecule has 0 aliphatic rings. The average Bonchev–Trinajstić information content (AvgIpc) is 2.78. The highest BCUT2D eigenvalue weighted by Gasteiger charge is 2.08. The van der Waals surface area contributed by atoms with Crippen molar-refractivity contribution in [3.63, 3.8) is 0 Å². The van der Waals surface area contributed by atoms with Crippen molar-refractivity contribution in [2.75, 3.05) is 0 Å². The van der Waals surface area contributed by atoms with Crippen molar-refractivity contribution in [2.45, 2.75) is 6.92 Å². The molecule has 1 heterocycles. The van der Waals surface area contributed by atoms with Gasteiger partial charge in [0.05, 0.1) is 16.8 Å². The molecule has 0 aliphatic heterocycles. The number of hydrogen-bond acceptors (Lipinski definition) is 5. The molecule has 17 heavy (non-hydrogen) atoms. The van der Waals surface area contributed by atoms with Crippen LogP contribution in [-0.2, 0) is 0 Å². The van der Waals surface area contributed by atoms with E-state index < -0.39 is 4.92 Å². The summed E-state index contributed by atoms with van der Waals surface area (Å²) in [5, 5.41) is 17.9. The third kappa shape index (κ3) is 2.17. The molecule has 0 unspecified atom stereocenters.